The molecule has 0 aliphatic heterocycles. The summed E-state index contributed by atoms with van der Waals surface area (Å²) in [7, 11) is 0. The number of aliphatic carboxylic acids is 1. The molecular weight excluding hydrogens is 442 g/mol. The number of hydrogen-bond acceptors (Lipinski definition) is 6. The minimum Gasteiger partial charge on any atom is -0.480 e. The van der Waals surface area contributed by atoms with Gasteiger partial charge in [0.2, 0.25) is 5.91 Å². The molecule has 1 atom stereocenters. The van der Waals surface area contributed by atoms with E-state index in [4.69, 9.17) is 8.83 Å². The van der Waals surface area contributed by atoms with Crippen LogP contribution in [0.4, 0.5) is 0 Å². The first kappa shape index (κ1) is 23.4. The molecule has 0 saturated carbocycles. The normalized spacial score (nSPS) is 14.4. The lowest BCUT2D eigenvalue weighted by atomic mass is 9.93. The van der Waals surface area contributed by atoms with Gasteiger partial charge in [-0.25, -0.2) is 9.59 Å². The molecule has 0 radical (unpaired) electrons. The third kappa shape index (κ3) is 4.53. The maximum absolute atomic E-state index is 12.8. The van der Waals surface area contributed by atoms with Gasteiger partial charge in [0.15, 0.2) is 0 Å². The number of aryl methyl sites for hydroxylation is 4. The summed E-state index contributed by atoms with van der Waals surface area (Å²) in [5.74, 6) is 0.219. The number of carbonyl (C=O) groups excluding carboxylic acids is 1. The zero-order valence-corrected chi connectivity index (χ0v) is 20.0. The van der Waals surface area contributed by atoms with Crippen molar-refractivity contribution in [2.45, 2.75) is 64.8 Å². The third-order valence-electron chi connectivity index (χ3n) is 6.57. The van der Waals surface area contributed by atoms with Crippen molar-refractivity contribution in [1.82, 2.24) is 5.32 Å². The Hall–Kier alpha value is -2.74. The van der Waals surface area contributed by atoms with Crippen molar-refractivity contribution in [1.29, 1.82) is 0 Å². The molecule has 0 saturated heterocycles. The van der Waals surface area contributed by atoms with Gasteiger partial charge in [-0.05, 0) is 69.6 Å². The molecule has 0 unspecified atom stereocenters. The van der Waals surface area contributed by atoms with Gasteiger partial charge in [0.05, 0.1) is 0 Å². The van der Waals surface area contributed by atoms with Gasteiger partial charge in [0.25, 0.3) is 0 Å². The van der Waals surface area contributed by atoms with E-state index < -0.39 is 23.5 Å². The van der Waals surface area contributed by atoms with Crippen LogP contribution < -0.4 is 10.9 Å². The number of rotatable bonds is 8. The third-order valence-corrected chi connectivity index (χ3v) is 7.21. The number of carbonyl (C=O) groups is 2. The molecule has 176 valence electrons. The molecule has 1 aliphatic carbocycles. The molecule has 1 amide bonds. The Morgan fingerprint density at radius 2 is 1.85 bits per heavy atom. The largest absolute Gasteiger partial charge is 0.480 e. The molecule has 7 nitrogen and oxygen atoms in total. The number of amides is 1. The van der Waals surface area contributed by atoms with Crippen molar-refractivity contribution < 1.29 is 23.5 Å². The second kappa shape index (κ2) is 9.63. The Morgan fingerprint density at radius 1 is 1.12 bits per heavy atom. The topological polar surface area (TPSA) is 110 Å². The number of furan rings is 1. The van der Waals surface area contributed by atoms with Gasteiger partial charge in [0.1, 0.15) is 23.0 Å². The Morgan fingerprint density at radius 3 is 2.58 bits per heavy atom. The quantitative estimate of drug-likeness (QED) is 0.472. The maximum Gasteiger partial charge on any atom is 0.339 e. The Balaban J connectivity index is 1.63. The van der Waals surface area contributed by atoms with Crippen LogP contribution in [0.5, 0.6) is 0 Å². The van der Waals surface area contributed by atoms with Crippen LogP contribution in [0, 0.1) is 13.8 Å². The summed E-state index contributed by atoms with van der Waals surface area (Å²) in [5.41, 5.74) is 4.15. The summed E-state index contributed by atoms with van der Waals surface area (Å²) in [6.45, 7) is 3.79. The van der Waals surface area contributed by atoms with Crippen molar-refractivity contribution in [3.63, 3.8) is 0 Å². The number of carboxylic acid groups (broad SMARTS) is 1. The fourth-order valence-electron chi connectivity index (χ4n) is 4.70. The summed E-state index contributed by atoms with van der Waals surface area (Å²) < 4.78 is 11.8. The summed E-state index contributed by atoms with van der Waals surface area (Å²) >= 11 is 1.53. The summed E-state index contributed by atoms with van der Waals surface area (Å²) in [6, 6.07) is 1.12. The zero-order chi connectivity index (χ0) is 23.7. The molecule has 2 aromatic heterocycles. The zero-order valence-electron chi connectivity index (χ0n) is 19.2. The highest BCUT2D eigenvalue weighted by atomic mass is 32.2. The summed E-state index contributed by atoms with van der Waals surface area (Å²) in [5, 5.41) is 13.8. The van der Waals surface area contributed by atoms with Gasteiger partial charge in [-0.2, -0.15) is 11.8 Å². The number of carboxylic acids is 1. The lowest BCUT2D eigenvalue weighted by Gasteiger charge is -2.14. The summed E-state index contributed by atoms with van der Waals surface area (Å²) in [6.07, 6.45) is 6.60. The fraction of sp³-hybridized carbons (Fsp3) is 0.480. The van der Waals surface area contributed by atoms with Crippen LogP contribution >= 0.6 is 11.8 Å². The van der Waals surface area contributed by atoms with E-state index in [1.165, 1.54) is 17.3 Å². The number of nitrogens with one attached hydrogen (secondary N) is 1. The highest BCUT2D eigenvalue weighted by Gasteiger charge is 2.24. The Bertz CT molecular complexity index is 1290. The first-order chi connectivity index (χ1) is 15.8. The highest BCUT2D eigenvalue weighted by Crippen LogP contribution is 2.37. The first-order valence-electron chi connectivity index (χ1n) is 11.3. The molecule has 0 spiro atoms. The second-order valence-electron chi connectivity index (χ2n) is 8.70. The van der Waals surface area contributed by atoms with E-state index in [2.05, 4.69) is 11.4 Å². The van der Waals surface area contributed by atoms with Crippen molar-refractivity contribution in [2.24, 2.45) is 0 Å². The van der Waals surface area contributed by atoms with Crippen LogP contribution in [0.2, 0.25) is 0 Å². The molecule has 2 heterocycles. The average molecular weight is 472 g/mol. The minimum absolute atomic E-state index is 0.0164. The van der Waals surface area contributed by atoms with Gasteiger partial charge in [0, 0.05) is 40.3 Å². The smallest absolute Gasteiger partial charge is 0.339 e. The fourth-order valence-corrected chi connectivity index (χ4v) is 5.18. The second-order valence-corrected chi connectivity index (χ2v) is 9.68. The van der Waals surface area contributed by atoms with Gasteiger partial charge >= 0.3 is 11.6 Å². The molecule has 4 rings (SSSR count). The van der Waals surface area contributed by atoms with Gasteiger partial charge in [-0.15, -0.1) is 0 Å². The first-order valence-corrected chi connectivity index (χ1v) is 12.7. The van der Waals surface area contributed by atoms with Crippen molar-refractivity contribution in [3.05, 3.63) is 44.5 Å². The monoisotopic (exact) mass is 471 g/mol. The molecule has 8 heteroatoms. The van der Waals surface area contributed by atoms with E-state index in [0.29, 0.717) is 23.3 Å². The van der Waals surface area contributed by atoms with E-state index in [0.717, 1.165) is 58.9 Å². The minimum atomic E-state index is -1.05. The highest BCUT2D eigenvalue weighted by molar-refractivity contribution is 7.98. The molecule has 33 heavy (non-hydrogen) atoms. The molecule has 0 bridgehead atoms. The molecule has 1 aromatic carbocycles. The summed E-state index contributed by atoms with van der Waals surface area (Å²) in [4.78, 5) is 36.6. The Kier molecular flexibility index (Phi) is 6.83. The van der Waals surface area contributed by atoms with Crippen LogP contribution in [-0.4, -0.2) is 35.0 Å². The molecule has 3 aromatic rings. The van der Waals surface area contributed by atoms with E-state index in [1.807, 2.05) is 20.1 Å². The molecular formula is C25H29NO6S. The predicted octanol–water partition coefficient (Wildman–Crippen LogP) is 4.29. The van der Waals surface area contributed by atoms with Crippen LogP contribution in [-0.2, 0) is 28.9 Å². The lowest BCUT2D eigenvalue weighted by Crippen LogP contribution is -2.41. The van der Waals surface area contributed by atoms with Gasteiger partial charge in [-0.1, -0.05) is 0 Å². The van der Waals surface area contributed by atoms with Crippen LogP contribution in [0.1, 0.15) is 53.7 Å². The van der Waals surface area contributed by atoms with E-state index in [1.54, 1.807) is 0 Å². The van der Waals surface area contributed by atoms with Crippen molar-refractivity contribution in [2.75, 3.05) is 12.0 Å². The number of hydrogen-bond donors (Lipinski definition) is 2. The predicted molar refractivity (Wildman–Crippen MR) is 129 cm³/mol. The number of benzene rings is 1. The molecule has 1 aliphatic rings. The van der Waals surface area contributed by atoms with Crippen molar-refractivity contribution >= 4 is 45.6 Å². The van der Waals surface area contributed by atoms with E-state index >= 15 is 0 Å². The van der Waals surface area contributed by atoms with Crippen molar-refractivity contribution in [3.8, 4) is 0 Å². The molecule has 0 fully saturated rings. The standard InChI is InChI=1S/C25H29NO6S/c1-13-15(8-9-21(27)26-19(24(28)29)10-11-33-3)25(30)32-22-14(2)23-18(12-17(13)22)16-6-4-5-7-20(16)31-23/h12,19H,4-11H2,1-3H3,(H,26,27)(H,28,29)/t19-/m0/s1. The van der Waals surface area contributed by atoms with Gasteiger partial charge in [-0.3, -0.25) is 4.79 Å². The molecule has 2 N–H and O–H groups in total. The Labute approximate surface area is 195 Å². The van der Waals surface area contributed by atoms with E-state index in [-0.39, 0.29) is 12.8 Å². The number of thioether (sulfide) groups is 1. The van der Waals surface area contributed by atoms with Crippen LogP contribution in [0.3, 0.4) is 0 Å². The van der Waals surface area contributed by atoms with E-state index in [9.17, 15) is 19.5 Å². The lowest BCUT2D eigenvalue weighted by molar-refractivity contribution is -0.141. The number of fused-ring (bicyclic) bond motifs is 4. The van der Waals surface area contributed by atoms with Crippen LogP contribution in [0.15, 0.2) is 19.7 Å². The maximum atomic E-state index is 12.8. The SMILES string of the molecule is CSCC[C@H](NC(=O)CCc1c(C)c2cc3c4c(oc3c(C)c2oc1=O)CCCC4)C(=O)O. The van der Waals surface area contributed by atoms with Crippen LogP contribution in [0.25, 0.3) is 21.9 Å². The van der Waals surface area contributed by atoms with Gasteiger partial charge < -0.3 is 19.3 Å². The average Bonchev–Trinajstić information content (AvgIpc) is 3.16.